The van der Waals surface area contributed by atoms with Crippen LogP contribution in [0.25, 0.3) is 0 Å². The van der Waals surface area contributed by atoms with Gasteiger partial charge in [0, 0.05) is 26.6 Å². The third kappa shape index (κ3) is 3.70. The zero-order valence-corrected chi connectivity index (χ0v) is 10.7. The van der Waals surface area contributed by atoms with E-state index in [4.69, 9.17) is 9.84 Å². The Kier molecular flexibility index (Phi) is 4.93. The lowest BCUT2D eigenvalue weighted by Gasteiger charge is -2.17. The summed E-state index contributed by atoms with van der Waals surface area (Å²) in [4.78, 5) is 24.5. The van der Waals surface area contributed by atoms with Crippen molar-refractivity contribution in [2.75, 3.05) is 20.2 Å². The maximum Gasteiger partial charge on any atom is 0.308 e. The molecule has 3 unspecified atom stereocenters. The number of rotatable bonds is 5. The molecule has 1 N–H and O–H groups in total. The number of methoxy groups -OCH3 is 1. The lowest BCUT2D eigenvalue weighted by Crippen LogP contribution is -2.30. The van der Waals surface area contributed by atoms with Gasteiger partial charge >= 0.3 is 5.97 Å². The molecule has 0 bridgehead atoms. The number of amides is 1. The average Bonchev–Trinajstić information content (AvgIpc) is 2.67. The molecule has 0 aliphatic carbocycles. The van der Waals surface area contributed by atoms with E-state index in [0.717, 1.165) is 0 Å². The van der Waals surface area contributed by atoms with E-state index in [-0.39, 0.29) is 17.9 Å². The van der Waals surface area contributed by atoms with Crippen molar-refractivity contribution in [2.45, 2.75) is 32.8 Å². The van der Waals surface area contributed by atoms with Crippen LogP contribution in [0.5, 0.6) is 0 Å². The number of ether oxygens (including phenoxy) is 1. The third-order valence-corrected chi connectivity index (χ3v) is 3.45. The number of carboxylic acid groups (broad SMARTS) is 1. The molecule has 0 saturated carbocycles. The van der Waals surface area contributed by atoms with Crippen LogP contribution in [-0.4, -0.2) is 48.2 Å². The van der Waals surface area contributed by atoms with Crippen LogP contribution < -0.4 is 0 Å². The Bertz CT molecular complexity index is 292. The lowest BCUT2D eigenvalue weighted by molar-refractivity contribution is -0.142. The summed E-state index contributed by atoms with van der Waals surface area (Å²) in [6.07, 6.45) is 1.17. The van der Waals surface area contributed by atoms with Crippen molar-refractivity contribution in [3.05, 3.63) is 0 Å². The lowest BCUT2D eigenvalue weighted by atomic mass is 9.99. The first kappa shape index (κ1) is 14.0. The molecular weight excluding hydrogens is 222 g/mol. The number of carboxylic acids is 1. The fourth-order valence-electron chi connectivity index (χ4n) is 2.09. The summed E-state index contributed by atoms with van der Waals surface area (Å²) in [6.45, 7) is 4.69. The van der Waals surface area contributed by atoms with E-state index in [1.807, 2.05) is 13.8 Å². The van der Waals surface area contributed by atoms with Gasteiger partial charge in [-0.05, 0) is 19.3 Å². The standard InChI is InChI=1S/C12H21NO4/c1-8-6-13(7-10(8)12(15)16)11(14)5-4-9(2)17-3/h8-10H,4-7H2,1-3H3,(H,15,16). The third-order valence-electron chi connectivity index (χ3n) is 3.45. The van der Waals surface area contributed by atoms with Gasteiger partial charge in [-0.15, -0.1) is 0 Å². The highest BCUT2D eigenvalue weighted by Gasteiger charge is 2.36. The van der Waals surface area contributed by atoms with Crippen molar-refractivity contribution in [2.24, 2.45) is 11.8 Å². The molecule has 1 saturated heterocycles. The highest BCUT2D eigenvalue weighted by atomic mass is 16.5. The van der Waals surface area contributed by atoms with Crippen LogP contribution >= 0.6 is 0 Å². The van der Waals surface area contributed by atoms with Crippen molar-refractivity contribution in [3.8, 4) is 0 Å². The van der Waals surface area contributed by atoms with E-state index in [1.165, 1.54) is 0 Å². The molecule has 0 aromatic carbocycles. The number of nitrogens with zero attached hydrogens (tertiary/aromatic N) is 1. The Labute approximate surface area is 102 Å². The molecule has 1 aliphatic heterocycles. The normalized spacial score (nSPS) is 25.9. The Morgan fingerprint density at radius 2 is 2.12 bits per heavy atom. The summed E-state index contributed by atoms with van der Waals surface area (Å²) in [5, 5.41) is 8.98. The molecule has 0 spiro atoms. The minimum absolute atomic E-state index is 0.0319. The largest absolute Gasteiger partial charge is 0.481 e. The van der Waals surface area contributed by atoms with Crippen LogP contribution in [0.1, 0.15) is 26.7 Å². The first-order chi connectivity index (χ1) is 7.95. The molecule has 0 radical (unpaired) electrons. The monoisotopic (exact) mass is 243 g/mol. The van der Waals surface area contributed by atoms with Gasteiger partial charge in [-0.3, -0.25) is 9.59 Å². The van der Waals surface area contributed by atoms with Gasteiger partial charge in [0.25, 0.3) is 0 Å². The average molecular weight is 243 g/mol. The summed E-state index contributed by atoms with van der Waals surface area (Å²) in [6, 6.07) is 0. The summed E-state index contributed by atoms with van der Waals surface area (Å²) in [5.74, 6) is -1.15. The van der Waals surface area contributed by atoms with Gasteiger partial charge in [0.2, 0.25) is 5.91 Å². The van der Waals surface area contributed by atoms with Gasteiger partial charge in [0.15, 0.2) is 0 Å². The molecule has 1 amide bonds. The fourth-order valence-corrected chi connectivity index (χ4v) is 2.09. The Morgan fingerprint density at radius 1 is 1.47 bits per heavy atom. The highest BCUT2D eigenvalue weighted by Crippen LogP contribution is 2.24. The Hall–Kier alpha value is -1.10. The van der Waals surface area contributed by atoms with Gasteiger partial charge in [-0.1, -0.05) is 6.92 Å². The van der Waals surface area contributed by atoms with Gasteiger partial charge in [-0.25, -0.2) is 0 Å². The minimum Gasteiger partial charge on any atom is -0.481 e. The Balaban J connectivity index is 2.42. The summed E-state index contributed by atoms with van der Waals surface area (Å²) >= 11 is 0. The number of hydrogen-bond acceptors (Lipinski definition) is 3. The van der Waals surface area contributed by atoms with Gasteiger partial charge in [-0.2, -0.15) is 0 Å². The van der Waals surface area contributed by atoms with Crippen molar-refractivity contribution in [3.63, 3.8) is 0 Å². The number of likely N-dealkylation sites (tertiary alicyclic amines) is 1. The SMILES string of the molecule is COC(C)CCC(=O)N1CC(C)C(C(=O)O)C1. The molecule has 3 atom stereocenters. The topological polar surface area (TPSA) is 66.8 Å². The fraction of sp³-hybridized carbons (Fsp3) is 0.833. The molecule has 1 aliphatic rings. The van der Waals surface area contributed by atoms with Gasteiger partial charge < -0.3 is 14.7 Å². The maximum atomic E-state index is 11.9. The van der Waals surface area contributed by atoms with Crippen molar-refractivity contribution in [1.82, 2.24) is 4.90 Å². The predicted octanol–water partition coefficient (Wildman–Crippen LogP) is 0.981. The van der Waals surface area contributed by atoms with Crippen molar-refractivity contribution < 1.29 is 19.4 Å². The molecule has 1 rings (SSSR count). The first-order valence-electron chi connectivity index (χ1n) is 5.99. The van der Waals surface area contributed by atoms with Crippen molar-refractivity contribution in [1.29, 1.82) is 0 Å². The van der Waals surface area contributed by atoms with E-state index >= 15 is 0 Å². The zero-order valence-electron chi connectivity index (χ0n) is 10.7. The van der Waals surface area contributed by atoms with Crippen LogP contribution in [0, 0.1) is 11.8 Å². The van der Waals surface area contributed by atoms with Crippen LogP contribution in [0.3, 0.4) is 0 Å². The van der Waals surface area contributed by atoms with Crippen LogP contribution in [0.2, 0.25) is 0 Å². The summed E-state index contributed by atoms with van der Waals surface area (Å²) in [7, 11) is 1.62. The van der Waals surface area contributed by atoms with E-state index < -0.39 is 11.9 Å². The van der Waals surface area contributed by atoms with E-state index in [0.29, 0.717) is 25.9 Å². The highest BCUT2D eigenvalue weighted by molar-refractivity contribution is 5.79. The van der Waals surface area contributed by atoms with Gasteiger partial charge in [0.1, 0.15) is 0 Å². The van der Waals surface area contributed by atoms with Crippen molar-refractivity contribution >= 4 is 11.9 Å². The quantitative estimate of drug-likeness (QED) is 0.781. The molecule has 1 heterocycles. The second-order valence-corrected chi connectivity index (χ2v) is 4.81. The molecule has 1 fully saturated rings. The minimum atomic E-state index is -0.807. The molecule has 0 aromatic rings. The molecule has 98 valence electrons. The first-order valence-corrected chi connectivity index (χ1v) is 5.99. The zero-order chi connectivity index (χ0) is 13.0. The van der Waals surface area contributed by atoms with Gasteiger partial charge in [0.05, 0.1) is 12.0 Å². The second kappa shape index (κ2) is 6.00. The molecule has 5 heteroatoms. The van der Waals surface area contributed by atoms with E-state index in [2.05, 4.69) is 0 Å². The Morgan fingerprint density at radius 3 is 2.59 bits per heavy atom. The summed E-state index contributed by atoms with van der Waals surface area (Å²) < 4.78 is 5.08. The maximum absolute atomic E-state index is 11.9. The number of carbonyl (C=O) groups is 2. The molecule has 5 nitrogen and oxygen atoms in total. The smallest absolute Gasteiger partial charge is 0.308 e. The molecule has 17 heavy (non-hydrogen) atoms. The van der Waals surface area contributed by atoms with Crippen LogP contribution in [-0.2, 0) is 14.3 Å². The molecule has 0 aromatic heterocycles. The number of carbonyl (C=O) groups excluding carboxylic acids is 1. The number of hydrogen-bond donors (Lipinski definition) is 1. The molecular formula is C12H21NO4. The second-order valence-electron chi connectivity index (χ2n) is 4.81. The van der Waals surface area contributed by atoms with E-state index in [1.54, 1.807) is 12.0 Å². The summed E-state index contributed by atoms with van der Waals surface area (Å²) in [5.41, 5.74) is 0. The predicted molar refractivity (Wildman–Crippen MR) is 62.6 cm³/mol. The van der Waals surface area contributed by atoms with Crippen LogP contribution in [0.15, 0.2) is 0 Å². The number of aliphatic carboxylic acids is 1. The van der Waals surface area contributed by atoms with Crippen LogP contribution in [0.4, 0.5) is 0 Å². The van der Waals surface area contributed by atoms with E-state index in [9.17, 15) is 9.59 Å².